The summed E-state index contributed by atoms with van der Waals surface area (Å²) in [5.41, 5.74) is 0.979. The van der Waals surface area contributed by atoms with E-state index in [9.17, 15) is 9.18 Å². The zero-order valence-electron chi connectivity index (χ0n) is 10.6. The van der Waals surface area contributed by atoms with Gasteiger partial charge in [-0.05, 0) is 14.0 Å². The number of carbonyl (C=O) groups is 1. The number of rotatable bonds is 5. The maximum atomic E-state index is 13.4. The molecule has 96 valence electrons. The van der Waals surface area contributed by atoms with Gasteiger partial charge in [-0.2, -0.15) is 5.10 Å². The van der Waals surface area contributed by atoms with Gasteiger partial charge in [0.15, 0.2) is 0 Å². The Morgan fingerprint density at radius 1 is 1.71 bits per heavy atom. The van der Waals surface area contributed by atoms with Gasteiger partial charge < -0.3 is 4.74 Å². The molecule has 5 nitrogen and oxygen atoms in total. The highest BCUT2D eigenvalue weighted by molar-refractivity contribution is 5.74. The maximum absolute atomic E-state index is 13.4. The van der Waals surface area contributed by atoms with Gasteiger partial charge in [0, 0.05) is 31.4 Å². The number of carbonyl (C=O) groups excluding carboxylic acids is 1. The molecule has 0 bridgehead atoms. The van der Waals surface area contributed by atoms with Crippen LogP contribution in [-0.4, -0.2) is 47.5 Å². The van der Waals surface area contributed by atoms with Crippen LogP contribution in [0.2, 0.25) is 0 Å². The van der Waals surface area contributed by atoms with Gasteiger partial charge in [-0.3, -0.25) is 9.58 Å². The Balaban J connectivity index is 2.58. The van der Waals surface area contributed by atoms with Crippen LogP contribution >= 0.6 is 0 Å². The normalized spacial score (nSPS) is 14.7. The van der Waals surface area contributed by atoms with E-state index in [1.807, 2.05) is 20.2 Å². The SMILES string of the molecule is COC(=O)C(F)CN(C)C(C)c1cnn(C)c1. The van der Waals surface area contributed by atoms with E-state index in [1.165, 1.54) is 7.11 Å². The number of alkyl halides is 1. The first-order valence-electron chi connectivity index (χ1n) is 5.36. The Morgan fingerprint density at radius 3 is 2.82 bits per heavy atom. The van der Waals surface area contributed by atoms with Crippen LogP contribution in [0.3, 0.4) is 0 Å². The van der Waals surface area contributed by atoms with E-state index in [2.05, 4.69) is 9.84 Å². The molecule has 0 saturated carbocycles. The fraction of sp³-hybridized carbons (Fsp3) is 0.636. The van der Waals surface area contributed by atoms with Crippen molar-refractivity contribution in [3.63, 3.8) is 0 Å². The van der Waals surface area contributed by atoms with Crippen molar-refractivity contribution in [3.8, 4) is 0 Å². The highest BCUT2D eigenvalue weighted by Crippen LogP contribution is 2.18. The Morgan fingerprint density at radius 2 is 2.35 bits per heavy atom. The lowest BCUT2D eigenvalue weighted by Crippen LogP contribution is -2.34. The fourth-order valence-corrected chi connectivity index (χ4v) is 1.52. The number of ether oxygens (including phenoxy) is 1. The summed E-state index contributed by atoms with van der Waals surface area (Å²) in [6, 6.07) is -0.00777. The van der Waals surface area contributed by atoms with Crippen molar-refractivity contribution in [2.24, 2.45) is 7.05 Å². The Hall–Kier alpha value is -1.43. The molecule has 1 heterocycles. The van der Waals surface area contributed by atoms with Gasteiger partial charge in [0.25, 0.3) is 0 Å². The van der Waals surface area contributed by atoms with Crippen molar-refractivity contribution in [3.05, 3.63) is 18.0 Å². The van der Waals surface area contributed by atoms with Crippen molar-refractivity contribution >= 4 is 5.97 Å². The smallest absolute Gasteiger partial charge is 0.341 e. The molecule has 0 spiro atoms. The second kappa shape index (κ2) is 5.77. The molecule has 0 fully saturated rings. The third-order valence-corrected chi connectivity index (χ3v) is 2.77. The molecule has 2 atom stereocenters. The van der Waals surface area contributed by atoms with Crippen LogP contribution in [-0.2, 0) is 16.6 Å². The third kappa shape index (κ3) is 3.52. The first-order valence-corrected chi connectivity index (χ1v) is 5.36. The summed E-state index contributed by atoms with van der Waals surface area (Å²) < 4.78 is 19.4. The molecule has 17 heavy (non-hydrogen) atoms. The van der Waals surface area contributed by atoms with Crippen molar-refractivity contribution < 1.29 is 13.9 Å². The van der Waals surface area contributed by atoms with Gasteiger partial charge in [0.05, 0.1) is 13.3 Å². The first kappa shape index (κ1) is 13.6. The molecule has 0 radical (unpaired) electrons. The molecule has 0 saturated heterocycles. The quantitative estimate of drug-likeness (QED) is 0.722. The second-order valence-electron chi connectivity index (χ2n) is 4.05. The Labute approximate surface area is 100 Å². The predicted molar refractivity (Wildman–Crippen MR) is 61.2 cm³/mol. The topological polar surface area (TPSA) is 47.4 Å². The summed E-state index contributed by atoms with van der Waals surface area (Å²) in [5, 5.41) is 4.06. The van der Waals surface area contributed by atoms with Gasteiger partial charge in [-0.25, -0.2) is 9.18 Å². The highest BCUT2D eigenvalue weighted by atomic mass is 19.1. The minimum atomic E-state index is -1.62. The summed E-state index contributed by atoms with van der Waals surface area (Å²) in [5.74, 6) is -0.838. The van der Waals surface area contributed by atoms with Gasteiger partial charge in [0.1, 0.15) is 0 Å². The molecule has 0 aromatic carbocycles. The van der Waals surface area contributed by atoms with Crippen molar-refractivity contribution in [2.75, 3.05) is 20.7 Å². The minimum absolute atomic E-state index is 0.00271. The largest absolute Gasteiger partial charge is 0.467 e. The Kier molecular flexibility index (Phi) is 4.62. The van der Waals surface area contributed by atoms with E-state index in [0.29, 0.717) is 0 Å². The number of halogens is 1. The molecule has 1 aromatic rings. The van der Waals surface area contributed by atoms with Crippen LogP contribution in [0.5, 0.6) is 0 Å². The molecule has 6 heteroatoms. The van der Waals surface area contributed by atoms with E-state index in [-0.39, 0.29) is 12.6 Å². The molecule has 0 N–H and O–H groups in total. The van der Waals surface area contributed by atoms with Crippen LogP contribution in [0.4, 0.5) is 4.39 Å². The lowest BCUT2D eigenvalue weighted by molar-refractivity contribution is -0.147. The minimum Gasteiger partial charge on any atom is -0.467 e. The van der Waals surface area contributed by atoms with Gasteiger partial charge in [-0.1, -0.05) is 0 Å². The standard InChI is InChI=1S/C11H18FN3O2/c1-8(9-5-13-15(3)6-9)14(2)7-10(12)11(16)17-4/h5-6,8,10H,7H2,1-4H3. The molecular weight excluding hydrogens is 225 g/mol. The molecule has 2 unspecified atom stereocenters. The van der Waals surface area contributed by atoms with E-state index in [0.717, 1.165) is 5.56 Å². The van der Waals surface area contributed by atoms with Crippen LogP contribution in [0.25, 0.3) is 0 Å². The number of aryl methyl sites for hydroxylation is 1. The van der Waals surface area contributed by atoms with Crippen LogP contribution in [0.15, 0.2) is 12.4 Å². The van der Waals surface area contributed by atoms with E-state index < -0.39 is 12.1 Å². The lowest BCUT2D eigenvalue weighted by Gasteiger charge is -2.24. The van der Waals surface area contributed by atoms with Gasteiger partial charge in [0.2, 0.25) is 6.17 Å². The van der Waals surface area contributed by atoms with Crippen molar-refractivity contribution in [1.29, 1.82) is 0 Å². The fourth-order valence-electron chi connectivity index (χ4n) is 1.52. The summed E-state index contributed by atoms with van der Waals surface area (Å²) in [6.07, 6.45) is 1.98. The van der Waals surface area contributed by atoms with E-state index in [1.54, 1.807) is 22.8 Å². The summed E-state index contributed by atoms with van der Waals surface area (Å²) in [6.45, 7) is 1.93. The molecule has 1 rings (SSSR count). The molecule has 0 amide bonds. The summed E-state index contributed by atoms with van der Waals surface area (Å²) >= 11 is 0. The number of hydrogen-bond donors (Lipinski definition) is 0. The Bertz CT molecular complexity index is 381. The molecule has 0 aliphatic rings. The number of methoxy groups -OCH3 is 1. The molecule has 0 aliphatic carbocycles. The lowest BCUT2D eigenvalue weighted by atomic mass is 10.1. The van der Waals surface area contributed by atoms with Crippen LogP contribution in [0.1, 0.15) is 18.5 Å². The molecule has 1 aromatic heterocycles. The highest BCUT2D eigenvalue weighted by Gasteiger charge is 2.23. The zero-order valence-corrected chi connectivity index (χ0v) is 10.6. The second-order valence-corrected chi connectivity index (χ2v) is 4.05. The summed E-state index contributed by atoms with van der Waals surface area (Å²) in [4.78, 5) is 12.7. The third-order valence-electron chi connectivity index (χ3n) is 2.77. The van der Waals surface area contributed by atoms with Crippen LogP contribution < -0.4 is 0 Å². The maximum Gasteiger partial charge on any atom is 0.341 e. The van der Waals surface area contributed by atoms with E-state index >= 15 is 0 Å². The number of hydrogen-bond acceptors (Lipinski definition) is 4. The first-order chi connectivity index (χ1) is 7.95. The van der Waals surface area contributed by atoms with Gasteiger partial charge in [-0.15, -0.1) is 0 Å². The van der Waals surface area contributed by atoms with Crippen molar-refractivity contribution in [2.45, 2.75) is 19.1 Å². The zero-order chi connectivity index (χ0) is 13.0. The number of aromatic nitrogens is 2. The number of nitrogens with zero attached hydrogens (tertiary/aromatic N) is 3. The van der Waals surface area contributed by atoms with Crippen molar-refractivity contribution in [1.82, 2.24) is 14.7 Å². The van der Waals surface area contributed by atoms with E-state index in [4.69, 9.17) is 0 Å². The predicted octanol–water partition coefficient (Wildman–Crippen LogP) is 0.924. The van der Waals surface area contributed by atoms with Gasteiger partial charge >= 0.3 is 5.97 Å². The average Bonchev–Trinajstić information content (AvgIpc) is 2.73. The average molecular weight is 243 g/mol. The monoisotopic (exact) mass is 243 g/mol. The summed E-state index contributed by atoms with van der Waals surface area (Å²) in [7, 11) is 4.76. The number of esters is 1. The molecular formula is C11H18FN3O2. The molecule has 0 aliphatic heterocycles. The van der Waals surface area contributed by atoms with Crippen LogP contribution in [0, 0.1) is 0 Å².